The minimum absolute atomic E-state index is 0. The van der Waals surface area contributed by atoms with Gasteiger partial charge in [-0.25, -0.2) is 0 Å². The van der Waals surface area contributed by atoms with Gasteiger partial charge in [0.15, 0.2) is 0 Å². The zero-order chi connectivity index (χ0) is 13.6. The molecule has 0 unspecified atom stereocenters. The molecule has 0 saturated heterocycles. The molecule has 0 aliphatic rings. The van der Waals surface area contributed by atoms with E-state index in [1.807, 2.05) is 0 Å². The third-order valence-corrected chi connectivity index (χ3v) is 2.05. The lowest BCUT2D eigenvalue weighted by Gasteiger charge is -2.18. The maximum absolute atomic E-state index is 11.6. The SMILES string of the molecule is CC(C)(N)CNC(=O)CNC(=O)c1ccccn1.Cl.Cl. The van der Waals surface area contributed by atoms with Crippen molar-refractivity contribution >= 4 is 36.6 Å². The van der Waals surface area contributed by atoms with E-state index in [-0.39, 0.29) is 48.9 Å². The zero-order valence-electron chi connectivity index (χ0n) is 11.4. The molecule has 0 aromatic carbocycles. The fraction of sp³-hybridized carbons (Fsp3) is 0.417. The lowest BCUT2D eigenvalue weighted by atomic mass is 10.1. The molecule has 6 nitrogen and oxygen atoms in total. The number of amides is 2. The second-order valence-electron chi connectivity index (χ2n) is 4.66. The average Bonchev–Trinajstić information content (AvgIpc) is 2.33. The highest BCUT2D eigenvalue weighted by Gasteiger charge is 2.13. The minimum Gasteiger partial charge on any atom is -0.353 e. The topological polar surface area (TPSA) is 97.1 Å². The molecule has 1 aromatic heterocycles. The van der Waals surface area contributed by atoms with E-state index in [4.69, 9.17) is 5.73 Å². The first-order chi connectivity index (χ1) is 8.38. The lowest BCUT2D eigenvalue weighted by molar-refractivity contribution is -0.120. The standard InChI is InChI=1S/C12H18N4O2.2ClH/c1-12(2,13)8-16-10(17)7-15-11(18)9-5-3-4-6-14-9;;/h3-6H,7-8,13H2,1-2H3,(H,15,18)(H,16,17);2*1H. The summed E-state index contributed by atoms with van der Waals surface area (Å²) in [5, 5.41) is 5.11. The van der Waals surface area contributed by atoms with Gasteiger partial charge in [0.05, 0.1) is 6.54 Å². The van der Waals surface area contributed by atoms with Crippen LogP contribution in [0.15, 0.2) is 24.4 Å². The van der Waals surface area contributed by atoms with Gasteiger partial charge in [-0.05, 0) is 26.0 Å². The second-order valence-corrected chi connectivity index (χ2v) is 4.66. The Morgan fingerprint density at radius 1 is 1.25 bits per heavy atom. The molecule has 1 aromatic rings. The normalized spacial score (nSPS) is 9.75. The van der Waals surface area contributed by atoms with Crippen molar-refractivity contribution in [1.29, 1.82) is 0 Å². The van der Waals surface area contributed by atoms with E-state index in [2.05, 4.69) is 15.6 Å². The number of nitrogens with two attached hydrogens (primary N) is 1. The van der Waals surface area contributed by atoms with Crippen molar-refractivity contribution in [2.75, 3.05) is 13.1 Å². The van der Waals surface area contributed by atoms with Gasteiger partial charge in [-0.1, -0.05) is 6.07 Å². The Morgan fingerprint density at radius 3 is 2.40 bits per heavy atom. The van der Waals surface area contributed by atoms with Crippen LogP contribution in [0, 0.1) is 0 Å². The molecule has 0 fully saturated rings. The Kier molecular flexibility index (Phi) is 9.97. The van der Waals surface area contributed by atoms with E-state index in [0.717, 1.165) is 0 Å². The predicted molar refractivity (Wildman–Crippen MR) is 82.3 cm³/mol. The zero-order valence-corrected chi connectivity index (χ0v) is 13.0. The highest BCUT2D eigenvalue weighted by atomic mass is 35.5. The lowest BCUT2D eigenvalue weighted by Crippen LogP contribution is -2.47. The number of carbonyl (C=O) groups excluding carboxylic acids is 2. The molecular formula is C12H20Cl2N4O2. The highest BCUT2D eigenvalue weighted by Crippen LogP contribution is 1.93. The van der Waals surface area contributed by atoms with Gasteiger partial charge >= 0.3 is 0 Å². The summed E-state index contributed by atoms with van der Waals surface area (Å²) >= 11 is 0. The van der Waals surface area contributed by atoms with Crippen molar-refractivity contribution in [2.24, 2.45) is 5.73 Å². The van der Waals surface area contributed by atoms with Gasteiger partial charge in [0.1, 0.15) is 5.69 Å². The molecular weight excluding hydrogens is 303 g/mol. The number of hydrogen-bond donors (Lipinski definition) is 3. The van der Waals surface area contributed by atoms with Crippen molar-refractivity contribution in [1.82, 2.24) is 15.6 Å². The summed E-state index contributed by atoms with van der Waals surface area (Å²) in [6, 6.07) is 5.00. The summed E-state index contributed by atoms with van der Waals surface area (Å²) in [5.74, 6) is -0.657. The summed E-state index contributed by atoms with van der Waals surface area (Å²) in [4.78, 5) is 26.9. The molecule has 0 aliphatic carbocycles. The first-order valence-electron chi connectivity index (χ1n) is 5.63. The van der Waals surface area contributed by atoms with Crippen LogP contribution in [0.25, 0.3) is 0 Å². The van der Waals surface area contributed by atoms with E-state index in [9.17, 15) is 9.59 Å². The molecule has 0 radical (unpaired) electrons. The van der Waals surface area contributed by atoms with Gasteiger partial charge in [0.25, 0.3) is 5.91 Å². The smallest absolute Gasteiger partial charge is 0.270 e. The largest absolute Gasteiger partial charge is 0.353 e. The molecule has 1 rings (SSSR count). The summed E-state index contributed by atoms with van der Waals surface area (Å²) in [6.07, 6.45) is 1.52. The first-order valence-corrected chi connectivity index (χ1v) is 5.63. The average molecular weight is 323 g/mol. The first kappa shape index (κ1) is 20.9. The van der Waals surface area contributed by atoms with E-state index in [1.54, 1.807) is 32.0 Å². The summed E-state index contributed by atoms with van der Waals surface area (Å²) in [5.41, 5.74) is 5.53. The molecule has 0 saturated carbocycles. The highest BCUT2D eigenvalue weighted by molar-refractivity contribution is 5.94. The number of hydrogen-bond acceptors (Lipinski definition) is 4. The van der Waals surface area contributed by atoms with Crippen LogP contribution in [0.4, 0.5) is 0 Å². The third kappa shape index (κ3) is 8.68. The second kappa shape index (κ2) is 9.52. The van der Waals surface area contributed by atoms with Crippen LogP contribution >= 0.6 is 24.8 Å². The third-order valence-electron chi connectivity index (χ3n) is 2.05. The van der Waals surface area contributed by atoms with Gasteiger partial charge in [0.2, 0.25) is 5.91 Å². The Balaban J connectivity index is 0. The fourth-order valence-corrected chi connectivity index (χ4v) is 1.14. The maximum Gasteiger partial charge on any atom is 0.270 e. The molecule has 4 N–H and O–H groups in total. The number of nitrogens with one attached hydrogen (secondary N) is 2. The molecule has 114 valence electrons. The van der Waals surface area contributed by atoms with Crippen LogP contribution in [-0.4, -0.2) is 35.4 Å². The van der Waals surface area contributed by atoms with E-state index in [0.29, 0.717) is 6.54 Å². The minimum atomic E-state index is -0.472. The quantitative estimate of drug-likeness (QED) is 0.735. The molecule has 8 heteroatoms. The van der Waals surface area contributed by atoms with E-state index < -0.39 is 5.54 Å². The molecule has 1 heterocycles. The Bertz CT molecular complexity index is 421. The number of nitrogens with zero attached hydrogens (tertiary/aromatic N) is 1. The van der Waals surface area contributed by atoms with Crippen LogP contribution in [0.5, 0.6) is 0 Å². The Hall–Kier alpha value is -1.37. The van der Waals surface area contributed by atoms with Crippen molar-refractivity contribution in [2.45, 2.75) is 19.4 Å². The fourth-order valence-electron chi connectivity index (χ4n) is 1.14. The predicted octanol–water partition coefficient (Wildman–Crippen LogP) is 0.508. The molecule has 0 aliphatic heterocycles. The van der Waals surface area contributed by atoms with Gasteiger partial charge < -0.3 is 16.4 Å². The molecule has 2 amide bonds. The van der Waals surface area contributed by atoms with Gasteiger partial charge in [-0.15, -0.1) is 24.8 Å². The van der Waals surface area contributed by atoms with E-state index in [1.165, 1.54) is 6.20 Å². The van der Waals surface area contributed by atoms with Gasteiger partial charge in [-0.3, -0.25) is 14.6 Å². The van der Waals surface area contributed by atoms with Crippen molar-refractivity contribution in [3.05, 3.63) is 30.1 Å². The van der Waals surface area contributed by atoms with Crippen molar-refractivity contribution < 1.29 is 9.59 Å². The van der Waals surface area contributed by atoms with Crippen molar-refractivity contribution in [3.63, 3.8) is 0 Å². The van der Waals surface area contributed by atoms with Crippen LogP contribution in [0.2, 0.25) is 0 Å². The number of aromatic nitrogens is 1. The molecule has 0 bridgehead atoms. The van der Waals surface area contributed by atoms with Crippen LogP contribution < -0.4 is 16.4 Å². The summed E-state index contributed by atoms with van der Waals surface area (Å²) in [7, 11) is 0. The Morgan fingerprint density at radius 2 is 1.90 bits per heavy atom. The number of halogens is 2. The van der Waals surface area contributed by atoms with Gasteiger partial charge in [0, 0.05) is 18.3 Å². The monoisotopic (exact) mass is 322 g/mol. The van der Waals surface area contributed by atoms with Crippen LogP contribution in [0.3, 0.4) is 0 Å². The van der Waals surface area contributed by atoms with Crippen LogP contribution in [0.1, 0.15) is 24.3 Å². The molecule has 20 heavy (non-hydrogen) atoms. The summed E-state index contributed by atoms with van der Waals surface area (Å²) in [6.45, 7) is 3.87. The van der Waals surface area contributed by atoms with Crippen LogP contribution in [-0.2, 0) is 4.79 Å². The number of carbonyl (C=O) groups is 2. The van der Waals surface area contributed by atoms with Crippen molar-refractivity contribution in [3.8, 4) is 0 Å². The van der Waals surface area contributed by atoms with Gasteiger partial charge in [-0.2, -0.15) is 0 Å². The maximum atomic E-state index is 11.6. The summed E-state index contributed by atoms with van der Waals surface area (Å²) < 4.78 is 0. The number of pyridine rings is 1. The molecule has 0 spiro atoms. The molecule has 0 atom stereocenters. The number of rotatable bonds is 5. The Labute approximate surface area is 130 Å². The van der Waals surface area contributed by atoms with E-state index >= 15 is 0 Å².